The van der Waals surface area contributed by atoms with Crippen LogP contribution in [0.15, 0.2) is 54.6 Å². The second-order valence-electron chi connectivity index (χ2n) is 4.31. The van der Waals surface area contributed by atoms with E-state index in [4.69, 9.17) is 0 Å². The molecular weight excluding hydrogens is 281 g/mol. The van der Waals surface area contributed by atoms with E-state index in [1.54, 1.807) is 24.3 Å². The SMILES string of the molecule is O=C(CNc1ccccc1)Nc1ccccc1C(F)(F)F. The van der Waals surface area contributed by atoms with Crippen molar-refractivity contribution in [2.45, 2.75) is 6.18 Å². The molecule has 6 heteroatoms. The first-order valence-electron chi connectivity index (χ1n) is 6.22. The molecule has 0 saturated carbocycles. The first kappa shape index (κ1) is 14.9. The summed E-state index contributed by atoms with van der Waals surface area (Å²) >= 11 is 0. The van der Waals surface area contributed by atoms with Crippen molar-refractivity contribution in [2.24, 2.45) is 0 Å². The van der Waals surface area contributed by atoms with Gasteiger partial charge in [0.15, 0.2) is 0 Å². The van der Waals surface area contributed by atoms with Crippen molar-refractivity contribution < 1.29 is 18.0 Å². The van der Waals surface area contributed by atoms with Crippen LogP contribution in [0.2, 0.25) is 0 Å². The maximum atomic E-state index is 12.8. The van der Waals surface area contributed by atoms with E-state index < -0.39 is 17.6 Å². The Morgan fingerprint density at radius 2 is 1.57 bits per heavy atom. The van der Waals surface area contributed by atoms with Gasteiger partial charge in [-0.1, -0.05) is 30.3 Å². The van der Waals surface area contributed by atoms with Crippen molar-refractivity contribution in [3.05, 3.63) is 60.2 Å². The standard InChI is InChI=1S/C15H13F3N2O/c16-15(17,18)12-8-4-5-9-13(12)20-14(21)10-19-11-6-2-1-3-7-11/h1-9,19H,10H2,(H,20,21). The first-order chi connectivity index (χ1) is 9.97. The number of hydrogen-bond acceptors (Lipinski definition) is 2. The number of carbonyl (C=O) groups excluding carboxylic acids is 1. The smallest absolute Gasteiger partial charge is 0.376 e. The summed E-state index contributed by atoms with van der Waals surface area (Å²) in [6.45, 7) is -0.115. The monoisotopic (exact) mass is 294 g/mol. The Hall–Kier alpha value is -2.50. The maximum Gasteiger partial charge on any atom is 0.418 e. The highest BCUT2D eigenvalue weighted by molar-refractivity contribution is 5.94. The van der Waals surface area contributed by atoms with Gasteiger partial charge in [0, 0.05) is 5.69 Å². The Morgan fingerprint density at radius 3 is 2.24 bits per heavy atom. The lowest BCUT2D eigenvalue weighted by molar-refractivity contribution is -0.137. The van der Waals surface area contributed by atoms with Gasteiger partial charge in [0.05, 0.1) is 17.8 Å². The van der Waals surface area contributed by atoms with Crippen LogP contribution in [0.25, 0.3) is 0 Å². The molecule has 110 valence electrons. The van der Waals surface area contributed by atoms with Crippen molar-refractivity contribution in [2.75, 3.05) is 17.2 Å². The molecule has 0 heterocycles. The fourth-order valence-electron chi connectivity index (χ4n) is 1.77. The summed E-state index contributed by atoms with van der Waals surface area (Å²) in [5.41, 5.74) is -0.389. The minimum Gasteiger partial charge on any atom is -0.376 e. The summed E-state index contributed by atoms with van der Waals surface area (Å²) in [5, 5.41) is 5.10. The lowest BCUT2D eigenvalue weighted by Crippen LogP contribution is -2.23. The molecule has 0 fully saturated rings. The topological polar surface area (TPSA) is 41.1 Å². The Morgan fingerprint density at radius 1 is 0.952 bits per heavy atom. The molecular formula is C15H13F3N2O. The van der Waals surface area contributed by atoms with Crippen LogP contribution in [-0.4, -0.2) is 12.5 Å². The van der Waals surface area contributed by atoms with E-state index in [1.165, 1.54) is 18.2 Å². The van der Waals surface area contributed by atoms with Crippen molar-refractivity contribution in [1.29, 1.82) is 0 Å². The summed E-state index contributed by atoms with van der Waals surface area (Å²) < 4.78 is 38.3. The number of halogens is 3. The van der Waals surface area contributed by atoms with Gasteiger partial charge in [0.2, 0.25) is 5.91 Å². The number of alkyl halides is 3. The van der Waals surface area contributed by atoms with E-state index in [9.17, 15) is 18.0 Å². The summed E-state index contributed by atoms with van der Waals surface area (Å²) in [7, 11) is 0. The highest BCUT2D eigenvalue weighted by Gasteiger charge is 2.33. The van der Waals surface area contributed by atoms with Crippen LogP contribution in [0.3, 0.4) is 0 Å². The molecule has 2 N–H and O–H groups in total. The third-order valence-corrected chi connectivity index (χ3v) is 2.73. The quantitative estimate of drug-likeness (QED) is 0.901. The van der Waals surface area contributed by atoms with Crippen LogP contribution < -0.4 is 10.6 Å². The number of carbonyl (C=O) groups is 1. The molecule has 2 aromatic rings. The average molecular weight is 294 g/mol. The van der Waals surface area contributed by atoms with Gasteiger partial charge in [0.1, 0.15) is 0 Å². The minimum atomic E-state index is -4.50. The van der Waals surface area contributed by atoms with Crippen LogP contribution in [0.5, 0.6) is 0 Å². The molecule has 21 heavy (non-hydrogen) atoms. The Labute approximate surface area is 119 Å². The average Bonchev–Trinajstić information content (AvgIpc) is 2.46. The van der Waals surface area contributed by atoms with Crippen LogP contribution in [-0.2, 0) is 11.0 Å². The highest BCUT2D eigenvalue weighted by Crippen LogP contribution is 2.34. The van der Waals surface area contributed by atoms with Gasteiger partial charge < -0.3 is 10.6 Å². The lowest BCUT2D eigenvalue weighted by atomic mass is 10.1. The molecule has 0 radical (unpaired) electrons. The van der Waals surface area contributed by atoms with Gasteiger partial charge in [-0.3, -0.25) is 4.79 Å². The molecule has 0 aromatic heterocycles. The number of hydrogen-bond donors (Lipinski definition) is 2. The zero-order valence-electron chi connectivity index (χ0n) is 10.9. The molecule has 0 aliphatic rings. The molecule has 0 saturated heterocycles. The molecule has 3 nitrogen and oxygen atoms in total. The summed E-state index contributed by atoms with van der Waals surface area (Å²) in [6, 6.07) is 13.8. The Bertz CT molecular complexity index is 612. The van der Waals surface area contributed by atoms with Gasteiger partial charge in [-0.05, 0) is 24.3 Å². The molecule has 1 amide bonds. The van der Waals surface area contributed by atoms with Crippen molar-refractivity contribution in [1.82, 2.24) is 0 Å². The maximum absolute atomic E-state index is 12.8. The third-order valence-electron chi connectivity index (χ3n) is 2.73. The summed E-state index contributed by atoms with van der Waals surface area (Å²) in [5.74, 6) is -0.546. The number of para-hydroxylation sites is 2. The molecule has 0 atom stereocenters. The van der Waals surface area contributed by atoms with Crippen molar-refractivity contribution >= 4 is 17.3 Å². The van der Waals surface area contributed by atoms with Crippen LogP contribution in [0.1, 0.15) is 5.56 Å². The first-order valence-corrected chi connectivity index (χ1v) is 6.22. The highest BCUT2D eigenvalue weighted by atomic mass is 19.4. The van der Waals surface area contributed by atoms with Crippen LogP contribution >= 0.6 is 0 Å². The van der Waals surface area contributed by atoms with E-state index in [0.717, 1.165) is 11.8 Å². The molecule has 0 unspecified atom stereocenters. The molecule has 0 bridgehead atoms. The van der Waals surface area contributed by atoms with Gasteiger partial charge in [-0.25, -0.2) is 0 Å². The van der Waals surface area contributed by atoms with Crippen LogP contribution in [0.4, 0.5) is 24.5 Å². The predicted octanol–water partition coefficient (Wildman–Crippen LogP) is 3.76. The molecule has 0 aliphatic carbocycles. The molecule has 2 aromatic carbocycles. The molecule has 2 rings (SSSR count). The molecule has 0 spiro atoms. The summed E-state index contributed by atoms with van der Waals surface area (Å²) in [4.78, 5) is 11.7. The lowest BCUT2D eigenvalue weighted by Gasteiger charge is -2.14. The number of benzene rings is 2. The van der Waals surface area contributed by atoms with E-state index in [-0.39, 0.29) is 12.2 Å². The second kappa shape index (κ2) is 6.30. The zero-order valence-corrected chi connectivity index (χ0v) is 10.9. The predicted molar refractivity (Wildman–Crippen MR) is 75.0 cm³/mol. The summed E-state index contributed by atoms with van der Waals surface area (Å²) in [6.07, 6.45) is -4.50. The molecule has 0 aliphatic heterocycles. The minimum absolute atomic E-state index is 0.115. The Balaban J connectivity index is 2.00. The van der Waals surface area contributed by atoms with Crippen molar-refractivity contribution in [3.63, 3.8) is 0 Å². The third kappa shape index (κ3) is 4.24. The van der Waals surface area contributed by atoms with Gasteiger partial charge in [-0.2, -0.15) is 13.2 Å². The van der Waals surface area contributed by atoms with E-state index in [1.807, 2.05) is 6.07 Å². The van der Waals surface area contributed by atoms with E-state index >= 15 is 0 Å². The van der Waals surface area contributed by atoms with E-state index in [0.29, 0.717) is 0 Å². The van der Waals surface area contributed by atoms with Gasteiger partial charge in [-0.15, -0.1) is 0 Å². The van der Waals surface area contributed by atoms with Crippen LogP contribution in [0, 0.1) is 0 Å². The number of amides is 1. The largest absolute Gasteiger partial charge is 0.418 e. The Kier molecular flexibility index (Phi) is 4.47. The number of anilines is 2. The normalized spacial score (nSPS) is 11.0. The van der Waals surface area contributed by atoms with Crippen molar-refractivity contribution in [3.8, 4) is 0 Å². The zero-order chi connectivity index (χ0) is 15.3. The fraction of sp³-hybridized carbons (Fsp3) is 0.133. The van der Waals surface area contributed by atoms with E-state index in [2.05, 4.69) is 10.6 Å². The fourth-order valence-corrected chi connectivity index (χ4v) is 1.77. The van der Waals surface area contributed by atoms with Gasteiger partial charge >= 0.3 is 6.18 Å². The number of rotatable bonds is 4. The second-order valence-corrected chi connectivity index (χ2v) is 4.31. The van der Waals surface area contributed by atoms with Gasteiger partial charge in [0.25, 0.3) is 0 Å². The number of nitrogens with one attached hydrogen (secondary N) is 2.